The topological polar surface area (TPSA) is 127 Å². The number of ether oxygens (including phenoxy) is 6. The molecule has 0 amide bonds. The molecule has 6 aromatic rings. The van der Waals surface area contributed by atoms with Crippen molar-refractivity contribution in [2.24, 2.45) is 0 Å². The average Bonchev–Trinajstić information content (AvgIpc) is 0.711. The molecule has 0 saturated carbocycles. The van der Waals surface area contributed by atoms with Gasteiger partial charge in [0.2, 0.25) is 0 Å². The summed E-state index contributed by atoms with van der Waals surface area (Å²) in [4.78, 5) is 13.9. The van der Waals surface area contributed by atoms with Gasteiger partial charge in [-0.15, -0.1) is 0 Å². The summed E-state index contributed by atoms with van der Waals surface area (Å²) in [6.07, 6.45) is -1.34. The van der Waals surface area contributed by atoms with E-state index in [1.54, 1.807) is 52.7 Å². The second-order valence-corrected chi connectivity index (χ2v) is 38.6. The maximum atomic E-state index is 19.0. The van der Waals surface area contributed by atoms with Crippen LogP contribution in [0.25, 0.3) is 11.1 Å². The number of benzene rings is 6. The Morgan fingerprint density at radius 1 is 0.378 bits per heavy atom. The standard InChI is InChI=1S/C76H104Cl2O10P2/c1-43(68(80)87-30)88-67-57(78)32-34-59(90(82,46-39-52(73(14,15)16)65(85-28)53(40-46)74(17,18)19)47-41-54(75(20,21)22)66(86-29)55(42-47)76(23,24)25)61(67)60-58(33-31-56(77)62(60)79)89(81,44-35-48(69(2,3)4)63(83-26)49(36-44)70(5,6)7)45-37-50(71(8,9)10)64(84-27)51(38-45)72(11,12)13/h31-43,79H,1-30H3/t43-/m0/s1. The SMILES string of the molecule is COC(=O)[C@H](C)Oc1c(Cl)ccc(P(=O)(c2cc(C(C)(C)C)c(OC)c(C(C)(C)C)c2)c2cc(C(C)(C)C)c(OC)c(C(C)(C)C)c2)c1-c1c(P(=O)(c2cc(C(C)(C)C)c(OC)c(C(C)(C)C)c2)c2cc(C(C)(C)C)c(OC)c(C(C)(C)C)c2)ccc(Cl)c1O. The van der Waals surface area contributed by atoms with Gasteiger partial charge in [0.1, 0.15) is 34.5 Å². The van der Waals surface area contributed by atoms with E-state index in [9.17, 15) is 9.90 Å². The van der Waals surface area contributed by atoms with Gasteiger partial charge >= 0.3 is 5.97 Å². The lowest BCUT2D eigenvalue weighted by Gasteiger charge is -2.35. The fourth-order valence-corrected chi connectivity index (χ4v) is 18.2. The number of carbonyl (C=O) groups is 1. The Balaban J connectivity index is 2.16. The van der Waals surface area contributed by atoms with Gasteiger partial charge in [-0.3, -0.25) is 0 Å². The number of halogens is 2. The largest absolute Gasteiger partial charge is 0.506 e. The zero-order chi connectivity index (χ0) is 68.7. The highest BCUT2D eigenvalue weighted by Crippen LogP contribution is 2.59. The molecule has 90 heavy (non-hydrogen) atoms. The van der Waals surface area contributed by atoms with Gasteiger partial charge in [0.15, 0.2) is 20.4 Å². The first-order valence-electron chi connectivity index (χ1n) is 31.1. The molecule has 0 aromatic heterocycles. The van der Waals surface area contributed by atoms with Gasteiger partial charge < -0.3 is 42.7 Å². The van der Waals surface area contributed by atoms with Crippen molar-refractivity contribution in [1.82, 2.24) is 0 Å². The van der Waals surface area contributed by atoms with Crippen LogP contribution in [0.4, 0.5) is 0 Å². The Bertz CT molecular complexity index is 3520. The van der Waals surface area contributed by atoms with E-state index in [2.05, 4.69) is 166 Å². The molecule has 0 aliphatic rings. The minimum atomic E-state index is -4.58. The summed E-state index contributed by atoms with van der Waals surface area (Å²) >= 11 is 15.0. The quantitative estimate of drug-likeness (QED) is 0.0832. The van der Waals surface area contributed by atoms with Crippen LogP contribution >= 0.6 is 37.5 Å². The second-order valence-electron chi connectivity index (χ2n) is 32.4. The molecule has 0 saturated heterocycles. The highest BCUT2D eigenvalue weighted by Gasteiger charge is 2.46. The van der Waals surface area contributed by atoms with Crippen LogP contribution in [0.3, 0.4) is 0 Å². The smallest absolute Gasteiger partial charge is 0.346 e. The van der Waals surface area contributed by atoms with Crippen LogP contribution in [-0.4, -0.2) is 52.7 Å². The van der Waals surface area contributed by atoms with Crippen LogP contribution in [0.15, 0.2) is 72.8 Å². The number of aromatic hydroxyl groups is 1. The van der Waals surface area contributed by atoms with Crippen molar-refractivity contribution in [3.63, 3.8) is 0 Å². The molecule has 10 nitrogen and oxygen atoms in total. The molecule has 0 aliphatic heterocycles. The molecule has 6 rings (SSSR count). The Labute approximate surface area is 550 Å². The number of methoxy groups -OCH3 is 5. The monoisotopic (exact) mass is 1310 g/mol. The number of esters is 1. The van der Waals surface area contributed by atoms with E-state index in [-0.39, 0.29) is 37.5 Å². The molecule has 1 atom stereocenters. The van der Waals surface area contributed by atoms with Crippen molar-refractivity contribution in [1.29, 1.82) is 0 Å². The van der Waals surface area contributed by atoms with E-state index in [1.165, 1.54) is 14.0 Å². The summed E-state index contributed by atoms with van der Waals surface area (Å²) < 4.78 is 75.8. The number of hydrogen-bond donors (Lipinski definition) is 1. The molecule has 0 fully saturated rings. The van der Waals surface area contributed by atoms with Crippen molar-refractivity contribution < 1.29 is 47.5 Å². The Kier molecular flexibility index (Phi) is 20.6. The Morgan fingerprint density at radius 2 is 0.600 bits per heavy atom. The van der Waals surface area contributed by atoms with E-state index < -0.39 is 75.4 Å². The van der Waals surface area contributed by atoms with E-state index in [0.29, 0.717) is 44.2 Å². The highest BCUT2D eigenvalue weighted by molar-refractivity contribution is 7.86. The third-order valence-corrected chi connectivity index (χ3v) is 23.6. The van der Waals surface area contributed by atoms with Crippen LogP contribution < -0.4 is 55.5 Å². The second kappa shape index (κ2) is 25.2. The van der Waals surface area contributed by atoms with E-state index >= 15 is 9.13 Å². The van der Waals surface area contributed by atoms with Crippen molar-refractivity contribution >= 4 is 75.3 Å². The molecule has 492 valence electrons. The lowest BCUT2D eigenvalue weighted by atomic mass is 9.79. The number of hydrogen-bond acceptors (Lipinski definition) is 10. The molecule has 14 heteroatoms. The van der Waals surface area contributed by atoms with Crippen molar-refractivity contribution in [2.75, 3.05) is 35.5 Å². The van der Waals surface area contributed by atoms with Gasteiger partial charge in [-0.1, -0.05) is 189 Å². The summed E-state index contributed by atoms with van der Waals surface area (Å²) in [6, 6.07) is 22.4. The first-order chi connectivity index (χ1) is 40.8. The zero-order valence-electron chi connectivity index (χ0n) is 59.8. The number of rotatable bonds is 14. The lowest BCUT2D eigenvalue weighted by molar-refractivity contribution is -0.147. The summed E-state index contributed by atoms with van der Waals surface area (Å²) in [7, 11) is -1.24. The number of carbonyl (C=O) groups excluding carboxylic acids is 1. The van der Waals surface area contributed by atoms with E-state index in [0.717, 1.165) is 44.5 Å². The van der Waals surface area contributed by atoms with Gasteiger partial charge in [0.05, 0.1) is 45.6 Å². The fraction of sp³-hybridized carbons (Fsp3) is 0.513. The minimum absolute atomic E-state index is 0.00566. The zero-order valence-corrected chi connectivity index (χ0v) is 63.1. The summed E-state index contributed by atoms with van der Waals surface area (Å²) in [6.45, 7) is 51.9. The summed E-state index contributed by atoms with van der Waals surface area (Å²) in [5.41, 5.74) is 1.66. The van der Waals surface area contributed by atoms with Crippen LogP contribution in [0.5, 0.6) is 34.5 Å². The molecule has 0 heterocycles. The molecular formula is C76H104Cl2O10P2. The summed E-state index contributed by atoms with van der Waals surface area (Å²) in [5.74, 6) is 1.24. The third-order valence-electron chi connectivity index (χ3n) is 17.0. The van der Waals surface area contributed by atoms with Crippen LogP contribution in [-0.2, 0) is 62.0 Å². The molecular weight excluding hydrogens is 1210 g/mol. The Morgan fingerprint density at radius 3 is 0.811 bits per heavy atom. The van der Waals surface area contributed by atoms with Crippen LogP contribution in [0.2, 0.25) is 10.0 Å². The molecule has 0 aliphatic carbocycles. The van der Waals surface area contributed by atoms with Gasteiger partial charge in [0.25, 0.3) is 0 Å². The minimum Gasteiger partial charge on any atom is -0.506 e. The first-order valence-corrected chi connectivity index (χ1v) is 35.2. The van der Waals surface area contributed by atoms with E-state index in [4.69, 9.17) is 51.6 Å². The van der Waals surface area contributed by atoms with Crippen LogP contribution in [0.1, 0.15) is 218 Å². The molecule has 0 radical (unpaired) electrons. The Hall–Kier alpha value is -5.37. The fourth-order valence-electron chi connectivity index (χ4n) is 12.0. The molecule has 1 N–H and O–H groups in total. The predicted molar refractivity (Wildman–Crippen MR) is 380 cm³/mol. The number of phenolic OH excluding ortho intramolecular Hbond substituents is 1. The molecule has 0 spiro atoms. The third kappa shape index (κ3) is 14.0. The maximum Gasteiger partial charge on any atom is 0.346 e. The molecule has 0 unspecified atom stereocenters. The van der Waals surface area contributed by atoms with Gasteiger partial charge in [-0.25, -0.2) is 4.79 Å². The van der Waals surface area contributed by atoms with Gasteiger partial charge in [-0.2, -0.15) is 0 Å². The van der Waals surface area contributed by atoms with E-state index in [1.807, 2.05) is 48.5 Å². The highest BCUT2D eigenvalue weighted by atomic mass is 35.5. The normalized spacial score (nSPS) is 13.7. The van der Waals surface area contributed by atoms with Crippen molar-refractivity contribution in [3.8, 4) is 45.6 Å². The van der Waals surface area contributed by atoms with Crippen molar-refractivity contribution in [2.45, 2.75) is 223 Å². The first kappa shape index (κ1) is 73.7. The molecule has 0 bridgehead atoms. The van der Waals surface area contributed by atoms with Crippen LogP contribution in [0, 0.1) is 0 Å². The van der Waals surface area contributed by atoms with Gasteiger partial charge in [0, 0.05) is 87.5 Å². The average molecular weight is 1310 g/mol. The maximum absolute atomic E-state index is 19.0. The molecule has 6 aromatic carbocycles. The van der Waals surface area contributed by atoms with Gasteiger partial charge in [-0.05, 0) is 123 Å². The summed E-state index contributed by atoms with van der Waals surface area (Å²) in [5, 5.41) is 15.5. The van der Waals surface area contributed by atoms with Crippen molar-refractivity contribution in [3.05, 3.63) is 127 Å². The number of phenols is 1. The lowest BCUT2D eigenvalue weighted by Crippen LogP contribution is -2.34. The predicted octanol–water partition coefficient (Wildman–Crippen LogP) is 18.0.